The fraction of sp³-hybridized carbons (Fsp3) is 0.375. The number of aryl methyl sites for hydroxylation is 1. The molecular weight excluding hydrogens is 444 g/mol. The van der Waals surface area contributed by atoms with Crippen molar-refractivity contribution in [3.8, 4) is 6.01 Å². The van der Waals surface area contributed by atoms with Gasteiger partial charge in [-0.3, -0.25) is 18.5 Å². The highest BCUT2D eigenvalue weighted by Gasteiger charge is 2.22. The molecule has 0 saturated heterocycles. The lowest BCUT2D eigenvalue weighted by Crippen LogP contribution is -2.40. The van der Waals surface area contributed by atoms with E-state index in [0.29, 0.717) is 30.3 Å². The van der Waals surface area contributed by atoms with E-state index >= 15 is 0 Å². The van der Waals surface area contributed by atoms with E-state index in [1.165, 1.54) is 4.57 Å². The summed E-state index contributed by atoms with van der Waals surface area (Å²) >= 11 is 6.03. The molecule has 0 saturated carbocycles. The van der Waals surface area contributed by atoms with Gasteiger partial charge in [-0.15, -0.1) is 0 Å². The average Bonchev–Trinajstić information content (AvgIpc) is 3.12. The first-order valence-corrected chi connectivity index (χ1v) is 11.3. The Morgan fingerprint density at radius 3 is 2.45 bits per heavy atom. The molecule has 176 valence electrons. The quantitative estimate of drug-likeness (QED) is 0.378. The fourth-order valence-electron chi connectivity index (χ4n) is 3.56. The van der Waals surface area contributed by atoms with Gasteiger partial charge >= 0.3 is 11.7 Å². The molecule has 2 aromatic heterocycles. The summed E-state index contributed by atoms with van der Waals surface area (Å²) in [7, 11) is 0. The Kier molecular flexibility index (Phi) is 7.94. The SMILES string of the molecule is C/C=C(C)\C=C(/C)Oc1nc2c(c(=O)n(CCCO)c(=O)n2CC)n1Cc1ccc(Cl)cc1. The molecule has 2 heterocycles. The van der Waals surface area contributed by atoms with E-state index in [9.17, 15) is 14.7 Å². The zero-order valence-electron chi connectivity index (χ0n) is 19.3. The molecule has 3 rings (SSSR count). The summed E-state index contributed by atoms with van der Waals surface area (Å²) in [6, 6.07) is 7.50. The van der Waals surface area contributed by atoms with Gasteiger partial charge in [-0.05, 0) is 57.9 Å². The molecule has 8 nitrogen and oxygen atoms in total. The molecule has 1 aromatic carbocycles. The summed E-state index contributed by atoms with van der Waals surface area (Å²) in [6.45, 7) is 8.15. The van der Waals surface area contributed by atoms with Gasteiger partial charge in [-0.25, -0.2) is 4.79 Å². The molecule has 0 aliphatic carbocycles. The summed E-state index contributed by atoms with van der Waals surface area (Å²) in [6.07, 6.45) is 4.13. The van der Waals surface area contributed by atoms with Gasteiger partial charge in [0.05, 0.1) is 6.54 Å². The predicted molar refractivity (Wildman–Crippen MR) is 130 cm³/mol. The number of rotatable bonds is 9. The molecule has 0 radical (unpaired) electrons. The van der Waals surface area contributed by atoms with Crippen LogP contribution in [0.4, 0.5) is 0 Å². The second-order valence-electron chi connectivity index (χ2n) is 7.73. The van der Waals surface area contributed by atoms with Crippen LogP contribution < -0.4 is 16.0 Å². The first kappa shape index (κ1) is 24.5. The largest absolute Gasteiger partial charge is 0.430 e. The van der Waals surface area contributed by atoms with E-state index in [4.69, 9.17) is 16.3 Å². The van der Waals surface area contributed by atoms with Crippen LogP contribution in [0.15, 0.2) is 57.3 Å². The summed E-state index contributed by atoms with van der Waals surface area (Å²) in [5.41, 5.74) is 1.54. The van der Waals surface area contributed by atoms with Crippen LogP contribution in [-0.2, 0) is 19.6 Å². The van der Waals surface area contributed by atoms with Crippen LogP contribution in [0, 0.1) is 0 Å². The van der Waals surface area contributed by atoms with E-state index in [-0.39, 0.29) is 30.3 Å². The second kappa shape index (κ2) is 10.7. The summed E-state index contributed by atoms with van der Waals surface area (Å²) in [5.74, 6) is 0.601. The van der Waals surface area contributed by atoms with Gasteiger partial charge in [0.25, 0.3) is 5.56 Å². The maximum atomic E-state index is 13.4. The van der Waals surface area contributed by atoms with E-state index in [1.807, 2.05) is 52.0 Å². The summed E-state index contributed by atoms with van der Waals surface area (Å²) in [5, 5.41) is 9.84. The van der Waals surface area contributed by atoms with Crippen LogP contribution in [0.2, 0.25) is 5.02 Å². The number of imidazole rings is 1. The Hall–Kier alpha value is -3.10. The van der Waals surface area contributed by atoms with Gasteiger partial charge in [0, 0.05) is 24.7 Å². The fourth-order valence-corrected chi connectivity index (χ4v) is 3.68. The molecule has 1 N–H and O–H groups in total. The van der Waals surface area contributed by atoms with Crippen molar-refractivity contribution >= 4 is 22.8 Å². The number of aromatic nitrogens is 4. The number of aliphatic hydroxyl groups is 1. The molecule has 3 aromatic rings. The summed E-state index contributed by atoms with van der Waals surface area (Å²) in [4.78, 5) is 31.0. The van der Waals surface area contributed by atoms with E-state index < -0.39 is 11.2 Å². The molecule has 0 amide bonds. The molecule has 9 heteroatoms. The van der Waals surface area contributed by atoms with Crippen molar-refractivity contribution in [3.05, 3.63) is 79.2 Å². The van der Waals surface area contributed by atoms with Gasteiger partial charge in [-0.1, -0.05) is 35.4 Å². The number of benzene rings is 1. The van der Waals surface area contributed by atoms with E-state index in [2.05, 4.69) is 4.98 Å². The van der Waals surface area contributed by atoms with Gasteiger partial charge in [0.2, 0.25) is 0 Å². The number of allylic oxidation sites excluding steroid dienone is 4. The lowest BCUT2D eigenvalue weighted by atomic mass is 10.2. The van der Waals surface area contributed by atoms with Crippen molar-refractivity contribution < 1.29 is 9.84 Å². The van der Waals surface area contributed by atoms with Gasteiger partial charge in [-0.2, -0.15) is 4.98 Å². The van der Waals surface area contributed by atoms with Crippen molar-refractivity contribution in [3.63, 3.8) is 0 Å². The maximum absolute atomic E-state index is 13.4. The number of hydrogen-bond acceptors (Lipinski definition) is 5. The van der Waals surface area contributed by atoms with Gasteiger partial charge in [0.15, 0.2) is 11.2 Å². The minimum atomic E-state index is -0.462. The zero-order valence-corrected chi connectivity index (χ0v) is 20.1. The smallest absolute Gasteiger partial charge is 0.332 e. The molecule has 0 fully saturated rings. The van der Waals surface area contributed by atoms with Crippen molar-refractivity contribution in [2.24, 2.45) is 0 Å². The van der Waals surface area contributed by atoms with Crippen molar-refractivity contribution in [2.75, 3.05) is 6.61 Å². The molecule has 0 bridgehead atoms. The number of aliphatic hydroxyl groups excluding tert-OH is 1. The molecule has 33 heavy (non-hydrogen) atoms. The Labute approximate surface area is 197 Å². The highest BCUT2D eigenvalue weighted by Crippen LogP contribution is 2.23. The monoisotopic (exact) mass is 472 g/mol. The van der Waals surface area contributed by atoms with E-state index in [0.717, 1.165) is 15.7 Å². The summed E-state index contributed by atoms with van der Waals surface area (Å²) < 4.78 is 10.3. The number of hydrogen-bond donors (Lipinski definition) is 1. The maximum Gasteiger partial charge on any atom is 0.332 e. The third-order valence-electron chi connectivity index (χ3n) is 5.33. The van der Waals surface area contributed by atoms with Crippen LogP contribution in [-0.4, -0.2) is 30.4 Å². The highest BCUT2D eigenvalue weighted by molar-refractivity contribution is 6.30. The highest BCUT2D eigenvalue weighted by atomic mass is 35.5. The third kappa shape index (κ3) is 5.29. The van der Waals surface area contributed by atoms with Gasteiger partial charge < -0.3 is 9.84 Å². The Balaban J connectivity index is 2.28. The van der Waals surface area contributed by atoms with Crippen molar-refractivity contribution in [1.29, 1.82) is 0 Å². The number of nitrogens with zero attached hydrogens (tertiary/aromatic N) is 4. The molecular formula is C24H29ClN4O4. The van der Waals surface area contributed by atoms with Crippen LogP contribution in [0.5, 0.6) is 6.01 Å². The van der Waals surface area contributed by atoms with E-state index in [1.54, 1.807) is 16.7 Å². The van der Waals surface area contributed by atoms with Crippen molar-refractivity contribution in [2.45, 2.75) is 53.8 Å². The molecule has 0 spiro atoms. The lowest BCUT2D eigenvalue weighted by Gasteiger charge is -2.12. The molecule has 0 unspecified atom stereocenters. The van der Waals surface area contributed by atoms with Crippen molar-refractivity contribution in [1.82, 2.24) is 18.7 Å². The normalized spacial score (nSPS) is 12.5. The Bertz CT molecular complexity index is 1310. The Morgan fingerprint density at radius 1 is 1.15 bits per heavy atom. The standard InChI is InChI=1S/C24H29ClN4O4/c1-5-16(3)14-17(4)33-23-26-21-20(29(23)15-18-8-10-19(25)11-9-18)22(31)28(12-7-13-30)24(32)27(21)6-2/h5,8-11,14,30H,6-7,12-13,15H2,1-4H3/b16-5-,17-14+. The lowest BCUT2D eigenvalue weighted by molar-refractivity contribution is 0.277. The second-order valence-corrected chi connectivity index (χ2v) is 8.17. The predicted octanol–water partition coefficient (Wildman–Crippen LogP) is 3.71. The Morgan fingerprint density at radius 2 is 1.85 bits per heavy atom. The van der Waals surface area contributed by atoms with Crippen LogP contribution in [0.3, 0.4) is 0 Å². The van der Waals surface area contributed by atoms with Gasteiger partial charge in [0.1, 0.15) is 5.76 Å². The third-order valence-corrected chi connectivity index (χ3v) is 5.58. The molecule has 0 aliphatic heterocycles. The number of fused-ring (bicyclic) bond motifs is 1. The topological polar surface area (TPSA) is 91.3 Å². The zero-order chi connectivity index (χ0) is 24.1. The minimum Gasteiger partial charge on any atom is -0.430 e. The first-order valence-electron chi connectivity index (χ1n) is 10.9. The minimum absolute atomic E-state index is 0.117. The first-order chi connectivity index (χ1) is 15.8. The van der Waals surface area contributed by atoms with Crippen LogP contribution in [0.25, 0.3) is 11.2 Å². The van der Waals surface area contributed by atoms with Crippen LogP contribution in [0.1, 0.15) is 39.7 Å². The molecule has 0 aliphatic rings. The van der Waals surface area contributed by atoms with Crippen LogP contribution >= 0.6 is 11.6 Å². The molecule has 0 atom stereocenters. The number of halogens is 1. The number of ether oxygens (including phenoxy) is 1. The average molecular weight is 473 g/mol.